The topological polar surface area (TPSA) is 75.9 Å². The first-order valence-electron chi connectivity index (χ1n) is 8.51. The number of aryl methyl sites for hydroxylation is 2. The van der Waals surface area contributed by atoms with Gasteiger partial charge in [-0.3, -0.25) is 9.59 Å². The second-order valence-electron chi connectivity index (χ2n) is 6.70. The molecule has 1 aliphatic heterocycles. The number of hydrogen-bond donors (Lipinski definition) is 0. The predicted octanol–water partition coefficient (Wildman–Crippen LogP) is 2.31. The minimum absolute atomic E-state index is 0.0714. The van der Waals surface area contributed by atoms with E-state index in [0.717, 1.165) is 5.56 Å². The van der Waals surface area contributed by atoms with Gasteiger partial charge in [0.2, 0.25) is 11.8 Å². The first-order chi connectivity index (χ1) is 12.4. The molecule has 2 aromatic rings. The van der Waals surface area contributed by atoms with Gasteiger partial charge in [-0.15, -0.1) is 0 Å². The van der Waals surface area contributed by atoms with Crippen molar-refractivity contribution in [2.45, 2.75) is 26.8 Å². The van der Waals surface area contributed by atoms with Gasteiger partial charge in [-0.25, -0.2) is 0 Å². The van der Waals surface area contributed by atoms with Crippen LogP contribution in [0.15, 0.2) is 28.8 Å². The minimum atomic E-state index is -0.384. The number of nitrogens with zero attached hydrogens (tertiary/aromatic N) is 3. The van der Waals surface area contributed by atoms with E-state index < -0.39 is 0 Å². The molecule has 1 aromatic heterocycles. The van der Waals surface area contributed by atoms with Gasteiger partial charge in [0, 0.05) is 26.1 Å². The molecule has 7 heteroatoms. The lowest BCUT2D eigenvalue weighted by atomic mass is 10.1. The van der Waals surface area contributed by atoms with Gasteiger partial charge in [-0.1, -0.05) is 11.2 Å². The van der Waals surface area contributed by atoms with E-state index in [1.165, 1.54) is 0 Å². The summed E-state index contributed by atoms with van der Waals surface area (Å²) in [6.45, 7) is 4.47. The zero-order valence-corrected chi connectivity index (χ0v) is 15.5. The highest BCUT2D eigenvalue weighted by Crippen LogP contribution is 2.34. The van der Waals surface area contributed by atoms with Gasteiger partial charge in [-0.2, -0.15) is 0 Å². The molecule has 0 N–H and O–H groups in total. The molecule has 26 heavy (non-hydrogen) atoms. The van der Waals surface area contributed by atoms with Crippen LogP contribution in [0.25, 0.3) is 0 Å². The van der Waals surface area contributed by atoms with Crippen LogP contribution in [0.4, 0.5) is 5.69 Å². The van der Waals surface area contributed by atoms with Gasteiger partial charge in [-0.05, 0) is 31.5 Å². The van der Waals surface area contributed by atoms with Crippen LogP contribution in [0.2, 0.25) is 0 Å². The van der Waals surface area contributed by atoms with Crippen molar-refractivity contribution in [3.8, 4) is 5.75 Å². The molecule has 1 aromatic carbocycles. The van der Waals surface area contributed by atoms with E-state index in [4.69, 9.17) is 9.26 Å². The standard InChI is InChI=1S/C19H23N3O4/c1-12-5-6-17(25-4)16(7-12)22-10-14(9-18(22)23)19(24)21(3)11-15-8-13(2)26-20-15/h5-8,14H,9-11H2,1-4H3. The fourth-order valence-corrected chi connectivity index (χ4v) is 3.24. The third kappa shape index (κ3) is 3.56. The van der Waals surface area contributed by atoms with Gasteiger partial charge in [0.05, 0.1) is 25.3 Å². The molecular formula is C19H23N3O4. The average molecular weight is 357 g/mol. The lowest BCUT2D eigenvalue weighted by molar-refractivity contribution is -0.135. The Hall–Kier alpha value is -2.83. The van der Waals surface area contributed by atoms with Crippen LogP contribution in [0.5, 0.6) is 5.75 Å². The lowest BCUT2D eigenvalue weighted by Crippen LogP contribution is -2.34. The van der Waals surface area contributed by atoms with Crippen molar-refractivity contribution in [1.82, 2.24) is 10.1 Å². The first-order valence-corrected chi connectivity index (χ1v) is 8.51. The fourth-order valence-electron chi connectivity index (χ4n) is 3.24. The monoisotopic (exact) mass is 357 g/mol. The molecule has 3 rings (SSSR count). The van der Waals surface area contributed by atoms with Crippen LogP contribution < -0.4 is 9.64 Å². The van der Waals surface area contributed by atoms with Crippen molar-refractivity contribution < 1.29 is 18.8 Å². The summed E-state index contributed by atoms with van der Waals surface area (Å²) >= 11 is 0. The maximum absolute atomic E-state index is 12.8. The highest BCUT2D eigenvalue weighted by atomic mass is 16.5. The third-order valence-corrected chi connectivity index (χ3v) is 4.55. The summed E-state index contributed by atoms with van der Waals surface area (Å²) < 4.78 is 10.4. The van der Waals surface area contributed by atoms with Crippen LogP contribution in [-0.2, 0) is 16.1 Å². The molecule has 2 amide bonds. The number of hydrogen-bond acceptors (Lipinski definition) is 5. The van der Waals surface area contributed by atoms with E-state index in [1.54, 1.807) is 36.9 Å². The molecule has 1 unspecified atom stereocenters. The van der Waals surface area contributed by atoms with Crippen molar-refractivity contribution >= 4 is 17.5 Å². The molecule has 1 saturated heterocycles. The highest BCUT2D eigenvalue weighted by Gasteiger charge is 2.37. The molecule has 7 nitrogen and oxygen atoms in total. The number of aromatic nitrogens is 1. The number of rotatable bonds is 5. The molecule has 0 radical (unpaired) electrons. The molecule has 0 aliphatic carbocycles. The van der Waals surface area contributed by atoms with Crippen LogP contribution in [-0.4, -0.2) is 42.6 Å². The summed E-state index contributed by atoms with van der Waals surface area (Å²) in [6.07, 6.45) is 0.193. The van der Waals surface area contributed by atoms with Crippen molar-refractivity contribution in [1.29, 1.82) is 0 Å². The SMILES string of the molecule is COc1ccc(C)cc1N1CC(C(=O)N(C)Cc2cc(C)on2)CC1=O. The molecule has 1 atom stereocenters. The van der Waals surface area contributed by atoms with E-state index in [9.17, 15) is 9.59 Å². The summed E-state index contributed by atoms with van der Waals surface area (Å²) in [4.78, 5) is 28.5. The quantitative estimate of drug-likeness (QED) is 0.821. The number of methoxy groups -OCH3 is 1. The fraction of sp³-hybridized carbons (Fsp3) is 0.421. The van der Waals surface area contributed by atoms with Gasteiger partial charge < -0.3 is 19.1 Å². The lowest BCUT2D eigenvalue weighted by Gasteiger charge is -2.22. The van der Waals surface area contributed by atoms with Crippen molar-refractivity contribution in [2.75, 3.05) is 25.6 Å². The Balaban J connectivity index is 1.73. The van der Waals surface area contributed by atoms with Gasteiger partial charge in [0.25, 0.3) is 0 Å². The van der Waals surface area contributed by atoms with E-state index in [2.05, 4.69) is 5.16 Å². The summed E-state index contributed by atoms with van der Waals surface area (Å²) in [7, 11) is 3.29. The molecule has 2 heterocycles. The molecule has 0 spiro atoms. The van der Waals surface area contributed by atoms with Crippen LogP contribution in [0.1, 0.15) is 23.4 Å². The van der Waals surface area contributed by atoms with Gasteiger partial charge in [0.1, 0.15) is 17.2 Å². The van der Waals surface area contributed by atoms with Crippen molar-refractivity contribution in [3.63, 3.8) is 0 Å². The summed E-state index contributed by atoms with van der Waals surface area (Å²) in [5.74, 6) is 0.801. The van der Waals surface area contributed by atoms with E-state index in [0.29, 0.717) is 36.0 Å². The number of amides is 2. The molecule has 0 bridgehead atoms. The highest BCUT2D eigenvalue weighted by molar-refractivity contribution is 6.01. The zero-order valence-electron chi connectivity index (χ0n) is 15.5. The number of anilines is 1. The summed E-state index contributed by atoms with van der Waals surface area (Å²) in [6, 6.07) is 7.48. The van der Waals surface area contributed by atoms with Crippen LogP contribution >= 0.6 is 0 Å². The normalized spacial score (nSPS) is 16.8. The Morgan fingerprint density at radius 1 is 1.38 bits per heavy atom. The van der Waals surface area contributed by atoms with E-state index in [1.807, 2.05) is 25.1 Å². The maximum atomic E-state index is 12.8. The minimum Gasteiger partial charge on any atom is -0.495 e. The van der Waals surface area contributed by atoms with E-state index >= 15 is 0 Å². The smallest absolute Gasteiger partial charge is 0.228 e. The average Bonchev–Trinajstić information content (AvgIpc) is 3.19. The Labute approximate surface area is 152 Å². The number of benzene rings is 1. The number of ether oxygens (including phenoxy) is 1. The largest absolute Gasteiger partial charge is 0.495 e. The van der Waals surface area contributed by atoms with Gasteiger partial charge in [0.15, 0.2) is 0 Å². The van der Waals surface area contributed by atoms with Crippen molar-refractivity contribution in [3.05, 3.63) is 41.3 Å². The Morgan fingerprint density at radius 3 is 2.81 bits per heavy atom. The summed E-state index contributed by atoms with van der Waals surface area (Å²) in [5.41, 5.74) is 2.43. The Kier molecular flexibility index (Phi) is 4.97. The van der Waals surface area contributed by atoms with Crippen LogP contribution in [0, 0.1) is 19.8 Å². The maximum Gasteiger partial charge on any atom is 0.228 e. The second kappa shape index (κ2) is 7.19. The number of carbonyl (C=O) groups is 2. The molecule has 138 valence electrons. The Bertz CT molecular complexity index is 830. The van der Waals surface area contributed by atoms with E-state index in [-0.39, 0.29) is 24.2 Å². The summed E-state index contributed by atoms with van der Waals surface area (Å²) in [5, 5.41) is 3.91. The third-order valence-electron chi connectivity index (χ3n) is 4.55. The van der Waals surface area contributed by atoms with Crippen molar-refractivity contribution in [2.24, 2.45) is 5.92 Å². The predicted molar refractivity (Wildman–Crippen MR) is 95.9 cm³/mol. The molecular weight excluding hydrogens is 334 g/mol. The Morgan fingerprint density at radius 2 is 2.15 bits per heavy atom. The zero-order chi connectivity index (χ0) is 18.8. The molecule has 1 aliphatic rings. The molecule has 0 saturated carbocycles. The first kappa shape index (κ1) is 18.0. The second-order valence-corrected chi connectivity index (χ2v) is 6.70. The molecule has 1 fully saturated rings. The number of carbonyl (C=O) groups excluding carboxylic acids is 2. The van der Waals surface area contributed by atoms with Gasteiger partial charge >= 0.3 is 0 Å². The van der Waals surface area contributed by atoms with Crippen LogP contribution in [0.3, 0.4) is 0 Å².